The van der Waals surface area contributed by atoms with Crippen LogP contribution in [0.15, 0.2) is 48.5 Å². The minimum absolute atomic E-state index is 0.178. The highest BCUT2D eigenvalue weighted by molar-refractivity contribution is 5.51. The maximum Gasteiger partial charge on any atom is 0.125 e. The second kappa shape index (κ2) is 4.75. The molecule has 2 N–H and O–H groups in total. The second-order valence-electron chi connectivity index (χ2n) is 5.85. The van der Waals surface area contributed by atoms with Gasteiger partial charge in [0.05, 0.1) is 6.04 Å². The molecular weight excluding hydrogens is 250 g/mol. The standard InChI is InChI=1S/C17H19NO2/c1-17(2)11-15(14-8-3-4-9-16(14)20-17)18-12-6-5-7-13(19)10-12/h3-10,15,18-19H,11H2,1-2H3. The summed E-state index contributed by atoms with van der Waals surface area (Å²) in [4.78, 5) is 0. The zero-order chi connectivity index (χ0) is 14.2. The number of para-hydroxylation sites is 1. The number of hydrogen-bond donors (Lipinski definition) is 2. The Hall–Kier alpha value is -2.16. The highest BCUT2D eigenvalue weighted by Gasteiger charge is 2.33. The lowest BCUT2D eigenvalue weighted by Crippen LogP contribution is -2.37. The van der Waals surface area contributed by atoms with Crippen LogP contribution in [0.25, 0.3) is 0 Å². The van der Waals surface area contributed by atoms with Crippen LogP contribution in [0.3, 0.4) is 0 Å². The van der Waals surface area contributed by atoms with E-state index < -0.39 is 0 Å². The van der Waals surface area contributed by atoms with E-state index in [9.17, 15) is 5.11 Å². The van der Waals surface area contributed by atoms with Gasteiger partial charge in [0.15, 0.2) is 0 Å². The van der Waals surface area contributed by atoms with Gasteiger partial charge in [-0.25, -0.2) is 0 Å². The molecule has 2 aromatic carbocycles. The Morgan fingerprint density at radius 2 is 1.95 bits per heavy atom. The summed E-state index contributed by atoms with van der Waals surface area (Å²) < 4.78 is 6.02. The number of phenols is 1. The van der Waals surface area contributed by atoms with Crippen LogP contribution in [-0.4, -0.2) is 10.7 Å². The van der Waals surface area contributed by atoms with Gasteiger partial charge in [0.25, 0.3) is 0 Å². The number of phenolic OH excluding ortho intramolecular Hbond substituents is 1. The Labute approximate surface area is 119 Å². The third-order valence-corrected chi connectivity index (χ3v) is 3.56. The molecule has 1 aliphatic rings. The Morgan fingerprint density at radius 1 is 1.15 bits per heavy atom. The molecular formula is C17H19NO2. The van der Waals surface area contributed by atoms with Crippen LogP contribution < -0.4 is 10.1 Å². The number of fused-ring (bicyclic) bond motifs is 1. The molecule has 0 bridgehead atoms. The molecule has 0 amide bonds. The van der Waals surface area contributed by atoms with Crippen molar-refractivity contribution in [2.45, 2.75) is 31.9 Å². The number of anilines is 1. The number of hydrogen-bond acceptors (Lipinski definition) is 3. The lowest BCUT2D eigenvalue weighted by molar-refractivity contribution is 0.0759. The Balaban J connectivity index is 1.93. The Kier molecular flexibility index (Phi) is 3.05. The van der Waals surface area contributed by atoms with Crippen molar-refractivity contribution < 1.29 is 9.84 Å². The number of rotatable bonds is 2. The first kappa shape index (κ1) is 12.9. The third-order valence-electron chi connectivity index (χ3n) is 3.56. The summed E-state index contributed by atoms with van der Waals surface area (Å²) >= 11 is 0. The van der Waals surface area contributed by atoms with Crippen LogP contribution in [0.2, 0.25) is 0 Å². The van der Waals surface area contributed by atoms with E-state index in [4.69, 9.17) is 4.74 Å². The smallest absolute Gasteiger partial charge is 0.125 e. The van der Waals surface area contributed by atoms with Gasteiger partial charge in [-0.1, -0.05) is 24.3 Å². The van der Waals surface area contributed by atoms with Crippen LogP contribution in [0, 0.1) is 0 Å². The molecule has 1 heterocycles. The minimum Gasteiger partial charge on any atom is -0.508 e. The van der Waals surface area contributed by atoms with Crippen molar-refractivity contribution in [3.63, 3.8) is 0 Å². The normalized spacial score (nSPS) is 19.8. The summed E-state index contributed by atoms with van der Waals surface area (Å²) in [6.45, 7) is 4.19. The first-order valence-corrected chi connectivity index (χ1v) is 6.87. The summed E-state index contributed by atoms with van der Waals surface area (Å²) in [5.74, 6) is 1.20. The van der Waals surface area contributed by atoms with Gasteiger partial charge in [-0.05, 0) is 32.0 Å². The van der Waals surface area contributed by atoms with E-state index in [0.29, 0.717) is 0 Å². The molecule has 3 heteroatoms. The highest BCUT2D eigenvalue weighted by Crippen LogP contribution is 2.41. The average molecular weight is 269 g/mol. The van der Waals surface area contributed by atoms with Crippen molar-refractivity contribution in [2.24, 2.45) is 0 Å². The van der Waals surface area contributed by atoms with Gasteiger partial charge < -0.3 is 15.2 Å². The Morgan fingerprint density at radius 3 is 2.75 bits per heavy atom. The maximum atomic E-state index is 9.58. The van der Waals surface area contributed by atoms with Crippen molar-refractivity contribution in [3.05, 3.63) is 54.1 Å². The van der Waals surface area contributed by atoms with E-state index in [0.717, 1.165) is 23.4 Å². The summed E-state index contributed by atoms with van der Waals surface area (Å²) in [5.41, 5.74) is 1.88. The van der Waals surface area contributed by atoms with E-state index in [-0.39, 0.29) is 17.4 Å². The molecule has 0 radical (unpaired) electrons. The first-order valence-electron chi connectivity index (χ1n) is 6.87. The van der Waals surface area contributed by atoms with Crippen LogP contribution in [-0.2, 0) is 0 Å². The fraction of sp³-hybridized carbons (Fsp3) is 0.294. The van der Waals surface area contributed by atoms with Gasteiger partial charge in [-0.2, -0.15) is 0 Å². The predicted molar refractivity (Wildman–Crippen MR) is 80.2 cm³/mol. The van der Waals surface area contributed by atoms with Crippen LogP contribution >= 0.6 is 0 Å². The molecule has 0 saturated carbocycles. The average Bonchev–Trinajstić information content (AvgIpc) is 2.37. The highest BCUT2D eigenvalue weighted by atomic mass is 16.5. The molecule has 0 spiro atoms. The van der Waals surface area contributed by atoms with E-state index in [1.54, 1.807) is 12.1 Å². The van der Waals surface area contributed by atoms with Crippen LogP contribution in [0.5, 0.6) is 11.5 Å². The maximum absolute atomic E-state index is 9.58. The fourth-order valence-corrected chi connectivity index (χ4v) is 2.73. The van der Waals surface area contributed by atoms with Gasteiger partial charge in [-0.15, -0.1) is 0 Å². The van der Waals surface area contributed by atoms with Crippen LogP contribution in [0.4, 0.5) is 5.69 Å². The number of nitrogens with one attached hydrogen (secondary N) is 1. The molecule has 2 aromatic rings. The fourth-order valence-electron chi connectivity index (χ4n) is 2.73. The quantitative estimate of drug-likeness (QED) is 0.862. The number of benzene rings is 2. The van der Waals surface area contributed by atoms with Crippen molar-refractivity contribution in [3.8, 4) is 11.5 Å². The van der Waals surface area contributed by atoms with Gasteiger partial charge in [0.2, 0.25) is 0 Å². The molecule has 1 aliphatic heterocycles. The molecule has 1 unspecified atom stereocenters. The molecule has 0 aliphatic carbocycles. The van der Waals surface area contributed by atoms with Gasteiger partial charge >= 0.3 is 0 Å². The molecule has 3 nitrogen and oxygen atoms in total. The van der Waals surface area contributed by atoms with Crippen molar-refractivity contribution in [2.75, 3.05) is 5.32 Å². The zero-order valence-electron chi connectivity index (χ0n) is 11.8. The second-order valence-corrected chi connectivity index (χ2v) is 5.85. The molecule has 104 valence electrons. The van der Waals surface area contributed by atoms with E-state index >= 15 is 0 Å². The van der Waals surface area contributed by atoms with Crippen LogP contribution in [0.1, 0.15) is 31.9 Å². The van der Waals surface area contributed by atoms with Gasteiger partial charge in [-0.3, -0.25) is 0 Å². The van der Waals surface area contributed by atoms with Crippen molar-refractivity contribution in [1.29, 1.82) is 0 Å². The molecule has 0 fully saturated rings. The SMILES string of the molecule is CC1(C)CC(Nc2cccc(O)c2)c2ccccc2O1. The van der Waals surface area contributed by atoms with Crippen molar-refractivity contribution >= 4 is 5.69 Å². The van der Waals surface area contributed by atoms with Gasteiger partial charge in [0, 0.05) is 23.7 Å². The van der Waals surface area contributed by atoms with Gasteiger partial charge in [0.1, 0.15) is 17.1 Å². The number of aromatic hydroxyl groups is 1. The summed E-state index contributed by atoms with van der Waals surface area (Å²) in [6.07, 6.45) is 0.875. The third kappa shape index (κ3) is 2.57. The molecule has 1 atom stereocenters. The number of ether oxygens (including phenoxy) is 1. The summed E-state index contributed by atoms with van der Waals surface area (Å²) in [6, 6.07) is 15.5. The van der Waals surface area contributed by atoms with E-state index in [2.05, 4.69) is 25.2 Å². The first-order chi connectivity index (χ1) is 9.53. The lowest BCUT2D eigenvalue weighted by Gasteiger charge is -2.38. The predicted octanol–water partition coefficient (Wildman–Crippen LogP) is 4.11. The topological polar surface area (TPSA) is 41.5 Å². The lowest BCUT2D eigenvalue weighted by atomic mass is 9.89. The van der Waals surface area contributed by atoms with Crippen molar-refractivity contribution in [1.82, 2.24) is 0 Å². The summed E-state index contributed by atoms with van der Waals surface area (Å²) in [5, 5.41) is 13.1. The largest absolute Gasteiger partial charge is 0.508 e. The summed E-state index contributed by atoms with van der Waals surface area (Å²) in [7, 11) is 0. The van der Waals surface area contributed by atoms with E-state index in [1.807, 2.05) is 30.3 Å². The molecule has 0 aromatic heterocycles. The zero-order valence-corrected chi connectivity index (χ0v) is 11.8. The monoisotopic (exact) mass is 269 g/mol. The molecule has 20 heavy (non-hydrogen) atoms. The molecule has 0 saturated heterocycles. The Bertz CT molecular complexity index is 622. The minimum atomic E-state index is -0.206. The molecule has 3 rings (SSSR count). The van der Waals surface area contributed by atoms with E-state index in [1.165, 1.54) is 0 Å².